The van der Waals surface area contributed by atoms with Crippen molar-refractivity contribution >= 4 is 34.1 Å². The highest BCUT2D eigenvalue weighted by atomic mass is 19.3. The number of aromatic amines is 1. The lowest BCUT2D eigenvalue weighted by Crippen LogP contribution is -2.58. The van der Waals surface area contributed by atoms with Crippen LogP contribution in [0.25, 0.3) is 10.9 Å². The zero-order valence-electron chi connectivity index (χ0n) is 22.2. The molecule has 10 nitrogen and oxygen atoms in total. The number of hydrogen-bond acceptors (Lipinski definition) is 8. The molecule has 41 heavy (non-hydrogen) atoms. The zero-order valence-corrected chi connectivity index (χ0v) is 22.2. The highest BCUT2D eigenvalue weighted by Gasteiger charge is 2.47. The van der Waals surface area contributed by atoms with Crippen LogP contribution in [0.1, 0.15) is 16.1 Å². The number of pyridine rings is 1. The fourth-order valence-corrected chi connectivity index (χ4v) is 4.89. The number of anilines is 3. The summed E-state index contributed by atoms with van der Waals surface area (Å²) in [4.78, 5) is 34.0. The minimum absolute atomic E-state index is 0.0393. The first-order valence-electron chi connectivity index (χ1n) is 12.9. The summed E-state index contributed by atoms with van der Waals surface area (Å²) in [6.07, 6.45) is 2.74. The van der Waals surface area contributed by atoms with E-state index in [2.05, 4.69) is 42.1 Å². The van der Waals surface area contributed by atoms with E-state index in [0.29, 0.717) is 11.5 Å². The molecule has 3 aromatic heterocycles. The van der Waals surface area contributed by atoms with Gasteiger partial charge in [0.25, 0.3) is 11.8 Å². The number of likely N-dealkylation sites (N-methyl/N-ethyl adjacent to an activating group) is 1. The fourth-order valence-electron chi connectivity index (χ4n) is 4.89. The topological polar surface area (TPSA) is 103 Å². The molecule has 2 aliphatic rings. The van der Waals surface area contributed by atoms with Crippen LogP contribution in [0.4, 0.5) is 34.9 Å². The van der Waals surface area contributed by atoms with Crippen molar-refractivity contribution < 1.29 is 27.1 Å². The maximum atomic E-state index is 15.3. The molecule has 1 amide bonds. The van der Waals surface area contributed by atoms with E-state index in [0.717, 1.165) is 49.2 Å². The van der Waals surface area contributed by atoms with Crippen molar-refractivity contribution in [1.29, 1.82) is 0 Å². The average Bonchev–Trinajstić information content (AvgIpc) is 3.33. The quantitative estimate of drug-likeness (QED) is 0.331. The van der Waals surface area contributed by atoms with Crippen LogP contribution >= 0.6 is 0 Å². The molecule has 2 saturated heterocycles. The van der Waals surface area contributed by atoms with Crippen LogP contribution < -0.4 is 15.0 Å². The van der Waals surface area contributed by atoms with Gasteiger partial charge in [0.05, 0.1) is 30.5 Å². The second kappa shape index (κ2) is 10.2. The smallest absolute Gasteiger partial charge is 0.282 e. The van der Waals surface area contributed by atoms with Gasteiger partial charge in [0.15, 0.2) is 23.2 Å². The molecule has 0 bridgehead atoms. The van der Waals surface area contributed by atoms with Crippen LogP contribution in [-0.2, 0) is 0 Å². The predicted molar refractivity (Wildman–Crippen MR) is 143 cm³/mol. The lowest BCUT2D eigenvalue weighted by Gasteiger charge is -2.38. The van der Waals surface area contributed by atoms with Crippen molar-refractivity contribution in [2.45, 2.75) is 12.8 Å². The second-order valence-electron chi connectivity index (χ2n) is 10.3. The molecule has 2 aliphatic heterocycles. The van der Waals surface area contributed by atoms with E-state index in [-0.39, 0.29) is 22.3 Å². The van der Waals surface area contributed by atoms with Crippen molar-refractivity contribution in [2.24, 2.45) is 0 Å². The maximum absolute atomic E-state index is 15.3. The number of rotatable bonds is 6. The van der Waals surface area contributed by atoms with Crippen LogP contribution in [0.2, 0.25) is 0 Å². The monoisotopic (exact) mass is 570 g/mol. The summed E-state index contributed by atoms with van der Waals surface area (Å²) in [6, 6.07) is 5.80. The summed E-state index contributed by atoms with van der Waals surface area (Å²) >= 11 is 0. The number of aromatic nitrogens is 4. The molecule has 0 spiro atoms. The van der Waals surface area contributed by atoms with Gasteiger partial charge in [-0.2, -0.15) is 0 Å². The van der Waals surface area contributed by atoms with Gasteiger partial charge in [-0.3, -0.25) is 4.79 Å². The van der Waals surface area contributed by atoms with Crippen LogP contribution in [0.15, 0.2) is 36.8 Å². The summed E-state index contributed by atoms with van der Waals surface area (Å²) in [5, 5.41) is 2.87. The molecule has 0 saturated carbocycles. The van der Waals surface area contributed by atoms with E-state index in [9.17, 15) is 18.0 Å². The molecule has 214 valence electrons. The summed E-state index contributed by atoms with van der Waals surface area (Å²) in [6.45, 7) is 3.57. The number of ether oxygens (including phenoxy) is 1. The first-order chi connectivity index (χ1) is 19.6. The number of benzene rings is 1. The Morgan fingerprint density at radius 2 is 1.83 bits per heavy atom. The lowest BCUT2D eigenvalue weighted by molar-refractivity contribution is -0.113. The molecular formula is C27H26F4N8O2. The van der Waals surface area contributed by atoms with Crippen LogP contribution in [-0.4, -0.2) is 87.9 Å². The Morgan fingerprint density at radius 3 is 2.51 bits per heavy atom. The van der Waals surface area contributed by atoms with E-state index < -0.39 is 48.2 Å². The molecule has 6 rings (SSSR count). The van der Waals surface area contributed by atoms with Gasteiger partial charge in [-0.05, 0) is 32.2 Å². The molecular weight excluding hydrogens is 544 g/mol. The Balaban J connectivity index is 1.33. The number of H-pyrrole nitrogens is 1. The second-order valence-corrected chi connectivity index (χ2v) is 10.3. The number of nitrogens with zero attached hydrogens (tertiary/aromatic N) is 6. The minimum atomic E-state index is -3.03. The van der Waals surface area contributed by atoms with E-state index >= 15 is 4.39 Å². The summed E-state index contributed by atoms with van der Waals surface area (Å²) in [7, 11) is 2.06. The van der Waals surface area contributed by atoms with Gasteiger partial charge >= 0.3 is 0 Å². The SMILES string of the molecule is Cc1cc2c(F)c(Oc3ncnc(Nc4ccc(N5CCN(C)CC5)cn4)c3C(=O)N3CC(F)(F)C3)cc(F)c2[nH]1. The largest absolute Gasteiger partial charge is 0.435 e. The number of aryl methyl sites for hydroxylation is 1. The molecule has 0 unspecified atom stereocenters. The summed E-state index contributed by atoms with van der Waals surface area (Å²) in [5.74, 6) is -6.29. The molecule has 2 N–H and O–H groups in total. The number of alkyl halides is 2. The van der Waals surface area contributed by atoms with Crippen LogP contribution in [0.5, 0.6) is 11.6 Å². The molecule has 0 atom stereocenters. The van der Waals surface area contributed by atoms with E-state index in [1.54, 1.807) is 19.2 Å². The minimum Gasteiger partial charge on any atom is -0.435 e. The Morgan fingerprint density at radius 1 is 1.07 bits per heavy atom. The van der Waals surface area contributed by atoms with Gasteiger partial charge in [-0.1, -0.05) is 0 Å². The maximum Gasteiger partial charge on any atom is 0.282 e. The number of piperazine rings is 1. The highest BCUT2D eigenvalue weighted by Crippen LogP contribution is 2.37. The van der Waals surface area contributed by atoms with Crippen molar-refractivity contribution in [3.05, 3.63) is 59.7 Å². The van der Waals surface area contributed by atoms with Crippen LogP contribution in [0, 0.1) is 18.6 Å². The predicted octanol–water partition coefficient (Wildman–Crippen LogP) is 4.32. The van der Waals surface area contributed by atoms with Crippen LogP contribution in [0.3, 0.4) is 0 Å². The molecule has 0 radical (unpaired) electrons. The summed E-state index contributed by atoms with van der Waals surface area (Å²) in [5.41, 5.74) is 1.09. The zero-order chi connectivity index (χ0) is 28.9. The van der Waals surface area contributed by atoms with Crippen molar-refractivity contribution in [3.8, 4) is 11.6 Å². The van der Waals surface area contributed by atoms with Crippen molar-refractivity contribution in [2.75, 3.05) is 56.5 Å². The number of hydrogen-bond donors (Lipinski definition) is 2. The first-order valence-corrected chi connectivity index (χ1v) is 12.9. The van der Waals surface area contributed by atoms with Gasteiger partial charge in [-0.25, -0.2) is 32.5 Å². The van der Waals surface area contributed by atoms with E-state index in [4.69, 9.17) is 4.74 Å². The molecule has 1 aromatic carbocycles. The van der Waals surface area contributed by atoms with Gasteiger partial charge in [0, 0.05) is 43.3 Å². The van der Waals surface area contributed by atoms with E-state index in [1.165, 1.54) is 6.07 Å². The number of amides is 1. The Hall–Kier alpha value is -4.46. The van der Waals surface area contributed by atoms with Crippen molar-refractivity contribution in [3.63, 3.8) is 0 Å². The molecule has 5 heterocycles. The van der Waals surface area contributed by atoms with Gasteiger partial charge in [0.2, 0.25) is 5.88 Å². The molecule has 4 aromatic rings. The average molecular weight is 571 g/mol. The number of halogens is 4. The van der Waals surface area contributed by atoms with Gasteiger partial charge in [0.1, 0.15) is 17.7 Å². The standard InChI is InChI=1S/C27H26F4N8O2/c1-15-9-17-22(29)19(10-18(28)23(17)35-15)41-25-21(26(40)39-12-27(30,31)13-39)24(33-14-34-25)36-20-4-3-16(11-32-20)38-7-5-37(2)6-8-38/h3-4,9-11,14,35H,5-8,12-13H2,1-2H3,(H,32,33,34,36). The summed E-state index contributed by atoms with van der Waals surface area (Å²) < 4.78 is 62.9. The number of carbonyl (C=O) groups is 1. The number of fused-ring (bicyclic) bond motifs is 1. The lowest BCUT2D eigenvalue weighted by atomic mass is 10.1. The van der Waals surface area contributed by atoms with Gasteiger partial charge < -0.3 is 29.7 Å². The highest BCUT2D eigenvalue weighted by molar-refractivity contribution is 6.02. The molecule has 14 heteroatoms. The fraction of sp³-hybridized carbons (Fsp3) is 0.333. The Bertz CT molecular complexity index is 1610. The number of nitrogens with one attached hydrogen (secondary N) is 2. The van der Waals surface area contributed by atoms with Gasteiger partial charge in [-0.15, -0.1) is 0 Å². The third kappa shape index (κ3) is 5.22. The van der Waals surface area contributed by atoms with E-state index in [1.807, 2.05) is 6.07 Å². The third-order valence-electron chi connectivity index (χ3n) is 7.13. The Labute approximate surface area is 231 Å². The Kier molecular flexibility index (Phi) is 6.64. The normalized spacial score (nSPS) is 17.0. The molecule has 0 aliphatic carbocycles. The van der Waals surface area contributed by atoms with Crippen molar-refractivity contribution in [1.82, 2.24) is 29.7 Å². The number of carbonyl (C=O) groups excluding carboxylic acids is 1. The molecule has 2 fully saturated rings. The number of likely N-dealkylation sites (tertiary alicyclic amines) is 1. The first kappa shape index (κ1) is 26.7. The third-order valence-corrected chi connectivity index (χ3v) is 7.13.